The molecule has 3 rings (SSSR count). The lowest BCUT2D eigenvalue weighted by Gasteiger charge is -2.04. The number of benzene rings is 2. The highest BCUT2D eigenvalue weighted by atomic mass is 32.2. The average Bonchev–Trinajstić information content (AvgIpc) is 2.68. The lowest BCUT2D eigenvalue weighted by molar-refractivity contribution is -0.137. The Bertz CT molecular complexity index is 822. The van der Waals surface area contributed by atoms with Crippen molar-refractivity contribution in [1.29, 1.82) is 0 Å². The summed E-state index contributed by atoms with van der Waals surface area (Å²) in [5.41, 5.74) is 2.41. The summed E-state index contributed by atoms with van der Waals surface area (Å²) in [5.74, 6) is -0.816. The molecule has 0 aliphatic carbocycles. The number of hydrogen-bond acceptors (Lipinski definition) is 3. The summed E-state index contributed by atoms with van der Waals surface area (Å²) < 4.78 is 24.8. The standard InChI is InChI=1S/C16H14O4S/c17-16(18)7-3-4-11-8-9-15-13(10-11)12-5-1-2-6-14(12)21(15,19)20/h1-2,5-6,8-10H,3-4,7H2,(H,17,18). The van der Waals surface area contributed by atoms with Gasteiger partial charge >= 0.3 is 5.97 Å². The zero-order chi connectivity index (χ0) is 15.0. The number of aliphatic carboxylic acids is 1. The highest BCUT2D eigenvalue weighted by Crippen LogP contribution is 2.43. The van der Waals surface area contributed by atoms with Crippen molar-refractivity contribution in [1.82, 2.24) is 0 Å². The topological polar surface area (TPSA) is 71.4 Å². The minimum atomic E-state index is -3.41. The van der Waals surface area contributed by atoms with Gasteiger partial charge in [-0.3, -0.25) is 4.79 Å². The third kappa shape index (κ3) is 2.34. The minimum Gasteiger partial charge on any atom is -0.481 e. The fraction of sp³-hybridized carbons (Fsp3) is 0.188. The second-order valence-corrected chi connectivity index (χ2v) is 6.96. The molecule has 0 bridgehead atoms. The molecule has 108 valence electrons. The largest absolute Gasteiger partial charge is 0.481 e. The van der Waals surface area contributed by atoms with Crippen LogP contribution in [0.3, 0.4) is 0 Å². The van der Waals surface area contributed by atoms with Gasteiger partial charge in [0.05, 0.1) is 9.79 Å². The van der Waals surface area contributed by atoms with Crippen LogP contribution in [0.5, 0.6) is 0 Å². The van der Waals surface area contributed by atoms with E-state index in [4.69, 9.17) is 5.11 Å². The molecule has 2 aromatic rings. The van der Waals surface area contributed by atoms with Gasteiger partial charge in [-0.1, -0.05) is 24.3 Å². The van der Waals surface area contributed by atoms with E-state index in [1.807, 2.05) is 12.1 Å². The third-order valence-corrected chi connectivity index (χ3v) is 5.53. The van der Waals surface area contributed by atoms with Gasteiger partial charge in [0.2, 0.25) is 9.84 Å². The fourth-order valence-corrected chi connectivity index (χ4v) is 4.33. The Hall–Kier alpha value is -2.14. The number of fused-ring (bicyclic) bond motifs is 3. The lowest BCUT2D eigenvalue weighted by atomic mass is 10.0. The summed E-state index contributed by atoms with van der Waals surface area (Å²) in [6, 6.07) is 12.2. The monoisotopic (exact) mass is 302 g/mol. The molecular formula is C16H14O4S. The van der Waals surface area contributed by atoms with Crippen molar-refractivity contribution < 1.29 is 18.3 Å². The molecule has 1 aliphatic heterocycles. The minimum absolute atomic E-state index is 0.117. The van der Waals surface area contributed by atoms with Crippen LogP contribution in [0.1, 0.15) is 18.4 Å². The van der Waals surface area contributed by atoms with Crippen LogP contribution < -0.4 is 0 Å². The van der Waals surface area contributed by atoms with Crippen LogP contribution in [-0.4, -0.2) is 19.5 Å². The van der Waals surface area contributed by atoms with Crippen molar-refractivity contribution in [3.63, 3.8) is 0 Å². The molecule has 1 heterocycles. The number of hydrogen-bond donors (Lipinski definition) is 1. The van der Waals surface area contributed by atoms with Crippen molar-refractivity contribution in [2.75, 3.05) is 0 Å². The molecule has 0 aromatic heterocycles. The number of sulfone groups is 1. The smallest absolute Gasteiger partial charge is 0.303 e. The first-order valence-corrected chi connectivity index (χ1v) is 8.17. The lowest BCUT2D eigenvalue weighted by Crippen LogP contribution is -1.98. The summed E-state index contributed by atoms with van der Waals surface area (Å²) in [4.78, 5) is 11.2. The van der Waals surface area contributed by atoms with Crippen LogP contribution in [0.2, 0.25) is 0 Å². The van der Waals surface area contributed by atoms with E-state index in [0.717, 1.165) is 16.7 Å². The van der Waals surface area contributed by atoms with Gasteiger partial charge in [0.1, 0.15) is 0 Å². The quantitative estimate of drug-likeness (QED) is 0.804. The van der Waals surface area contributed by atoms with Gasteiger partial charge in [0.25, 0.3) is 0 Å². The predicted octanol–water partition coefficient (Wildman–Crippen LogP) is 2.91. The highest BCUT2D eigenvalue weighted by molar-refractivity contribution is 7.92. The Labute approximate surface area is 123 Å². The maximum Gasteiger partial charge on any atom is 0.303 e. The number of aryl methyl sites for hydroxylation is 1. The van der Waals surface area contributed by atoms with E-state index >= 15 is 0 Å². The maximum atomic E-state index is 12.4. The molecule has 2 aromatic carbocycles. The van der Waals surface area contributed by atoms with Gasteiger partial charge in [-0.05, 0) is 36.6 Å². The molecule has 1 aliphatic rings. The molecule has 1 N–H and O–H groups in total. The normalized spacial score (nSPS) is 14.5. The highest BCUT2D eigenvalue weighted by Gasteiger charge is 2.32. The second-order valence-electron chi connectivity index (χ2n) is 5.08. The van der Waals surface area contributed by atoms with E-state index in [1.54, 1.807) is 30.3 Å². The number of rotatable bonds is 4. The predicted molar refractivity (Wildman–Crippen MR) is 77.9 cm³/mol. The summed E-state index contributed by atoms with van der Waals surface area (Å²) in [5, 5.41) is 8.67. The van der Waals surface area contributed by atoms with Crippen LogP contribution in [-0.2, 0) is 21.1 Å². The average molecular weight is 302 g/mol. The fourth-order valence-electron chi connectivity index (χ4n) is 2.66. The molecule has 0 unspecified atom stereocenters. The van der Waals surface area contributed by atoms with Gasteiger partial charge in [0, 0.05) is 17.5 Å². The SMILES string of the molecule is O=C(O)CCCc1ccc2c(c1)-c1ccccc1S2(=O)=O. The summed E-state index contributed by atoms with van der Waals surface area (Å²) >= 11 is 0. The molecular weight excluding hydrogens is 288 g/mol. The zero-order valence-corrected chi connectivity index (χ0v) is 12.1. The van der Waals surface area contributed by atoms with Crippen LogP contribution in [0.4, 0.5) is 0 Å². The Balaban J connectivity index is 2.00. The summed E-state index contributed by atoms with van der Waals surface area (Å²) in [6.45, 7) is 0. The van der Waals surface area contributed by atoms with Crippen molar-refractivity contribution >= 4 is 15.8 Å². The molecule has 21 heavy (non-hydrogen) atoms. The van der Waals surface area contributed by atoms with Crippen LogP contribution >= 0.6 is 0 Å². The first-order chi connectivity index (χ1) is 10.00. The van der Waals surface area contributed by atoms with Crippen LogP contribution in [0.25, 0.3) is 11.1 Å². The van der Waals surface area contributed by atoms with Gasteiger partial charge in [0.15, 0.2) is 0 Å². The van der Waals surface area contributed by atoms with Crippen molar-refractivity contribution in [3.05, 3.63) is 48.0 Å². The molecule has 0 atom stereocenters. The van der Waals surface area contributed by atoms with Crippen molar-refractivity contribution in [2.24, 2.45) is 0 Å². The Morgan fingerprint density at radius 1 is 1.00 bits per heavy atom. The summed E-state index contributed by atoms with van der Waals surface area (Å²) in [6.07, 6.45) is 1.29. The van der Waals surface area contributed by atoms with Gasteiger partial charge < -0.3 is 5.11 Å². The van der Waals surface area contributed by atoms with Crippen LogP contribution in [0, 0.1) is 0 Å². The Morgan fingerprint density at radius 2 is 1.71 bits per heavy atom. The third-order valence-electron chi connectivity index (χ3n) is 3.66. The van der Waals surface area contributed by atoms with Crippen molar-refractivity contribution in [2.45, 2.75) is 29.1 Å². The van der Waals surface area contributed by atoms with Gasteiger partial charge in [-0.15, -0.1) is 0 Å². The Morgan fingerprint density at radius 3 is 2.48 bits per heavy atom. The van der Waals surface area contributed by atoms with Gasteiger partial charge in [-0.25, -0.2) is 8.42 Å². The second kappa shape index (κ2) is 5.00. The van der Waals surface area contributed by atoms with E-state index in [0.29, 0.717) is 22.6 Å². The summed E-state index contributed by atoms with van der Waals surface area (Å²) in [7, 11) is -3.41. The van der Waals surface area contributed by atoms with Crippen molar-refractivity contribution in [3.8, 4) is 11.1 Å². The van der Waals surface area contributed by atoms with E-state index in [9.17, 15) is 13.2 Å². The molecule has 5 heteroatoms. The molecule has 0 radical (unpaired) electrons. The molecule has 0 fully saturated rings. The molecule has 0 amide bonds. The van der Waals surface area contributed by atoms with Gasteiger partial charge in [-0.2, -0.15) is 0 Å². The van der Waals surface area contributed by atoms with E-state index in [-0.39, 0.29) is 6.42 Å². The number of carboxylic acids is 1. The Kier molecular flexibility index (Phi) is 3.29. The van der Waals surface area contributed by atoms with E-state index < -0.39 is 15.8 Å². The first kappa shape index (κ1) is 13.8. The first-order valence-electron chi connectivity index (χ1n) is 6.69. The number of carbonyl (C=O) groups is 1. The van der Waals surface area contributed by atoms with E-state index in [2.05, 4.69) is 0 Å². The molecule has 4 nitrogen and oxygen atoms in total. The molecule has 0 spiro atoms. The maximum absolute atomic E-state index is 12.4. The zero-order valence-electron chi connectivity index (χ0n) is 11.2. The van der Waals surface area contributed by atoms with E-state index in [1.165, 1.54) is 0 Å². The number of carboxylic acid groups (broad SMARTS) is 1. The molecule has 0 saturated carbocycles. The van der Waals surface area contributed by atoms with Crippen LogP contribution in [0.15, 0.2) is 52.3 Å². The molecule has 0 saturated heterocycles.